The molecule has 0 bridgehead atoms. The van der Waals surface area contributed by atoms with Crippen LogP contribution in [-0.4, -0.2) is 18.9 Å². The number of hydrogen-bond donors (Lipinski definition) is 2. The number of rotatable bonds is 1. The van der Waals surface area contributed by atoms with Crippen molar-refractivity contribution in [3.05, 3.63) is 11.6 Å². The maximum absolute atomic E-state index is 13.0. The normalized spacial score (nSPS) is 25.3. The molecule has 0 spiro atoms. The molecule has 1 aliphatic heterocycles. The average molecular weight is 144 g/mol. The number of halogens is 1. The standard InChI is InChI=1S/C7H13FN2/c1-7(8,9)6-2-4-10-5-3-6/h2,10H,3-5,9H2,1H3. The lowest BCUT2D eigenvalue weighted by atomic mass is 10.0. The number of nitrogens with two attached hydrogens (primary N) is 1. The van der Waals surface area contributed by atoms with E-state index in [1.54, 1.807) is 0 Å². The Kier molecular flexibility index (Phi) is 2.06. The highest BCUT2D eigenvalue weighted by Crippen LogP contribution is 2.19. The third kappa shape index (κ3) is 1.78. The van der Waals surface area contributed by atoms with E-state index in [4.69, 9.17) is 5.73 Å². The minimum atomic E-state index is -1.61. The maximum atomic E-state index is 13.0. The topological polar surface area (TPSA) is 38.0 Å². The van der Waals surface area contributed by atoms with Crippen molar-refractivity contribution in [3.8, 4) is 0 Å². The van der Waals surface area contributed by atoms with E-state index < -0.39 is 5.79 Å². The third-order valence-corrected chi connectivity index (χ3v) is 1.69. The molecule has 0 fully saturated rings. The van der Waals surface area contributed by atoms with Gasteiger partial charge >= 0.3 is 0 Å². The van der Waals surface area contributed by atoms with Crippen LogP contribution in [0, 0.1) is 0 Å². The molecule has 3 N–H and O–H groups in total. The summed E-state index contributed by atoms with van der Waals surface area (Å²) in [6.45, 7) is 2.97. The van der Waals surface area contributed by atoms with Crippen molar-refractivity contribution in [2.45, 2.75) is 19.1 Å². The zero-order chi connectivity index (χ0) is 7.61. The van der Waals surface area contributed by atoms with E-state index >= 15 is 0 Å². The van der Waals surface area contributed by atoms with Gasteiger partial charge in [-0.3, -0.25) is 5.73 Å². The molecule has 58 valence electrons. The molecule has 0 radical (unpaired) electrons. The van der Waals surface area contributed by atoms with Gasteiger partial charge in [0.05, 0.1) is 0 Å². The quantitative estimate of drug-likeness (QED) is 0.416. The van der Waals surface area contributed by atoms with Crippen LogP contribution in [-0.2, 0) is 0 Å². The SMILES string of the molecule is CC(N)(F)C1=CCNCC1. The van der Waals surface area contributed by atoms with Crippen molar-refractivity contribution in [3.63, 3.8) is 0 Å². The lowest BCUT2D eigenvalue weighted by Gasteiger charge is -2.22. The molecular formula is C7H13FN2. The monoisotopic (exact) mass is 144 g/mol. The fraction of sp³-hybridized carbons (Fsp3) is 0.714. The van der Waals surface area contributed by atoms with Gasteiger partial charge in [0.2, 0.25) is 0 Å². The van der Waals surface area contributed by atoms with Crippen molar-refractivity contribution in [1.82, 2.24) is 5.32 Å². The van der Waals surface area contributed by atoms with Crippen LogP contribution in [0.3, 0.4) is 0 Å². The Bertz CT molecular complexity index is 146. The molecule has 0 aliphatic carbocycles. The minimum Gasteiger partial charge on any atom is -0.313 e. The first kappa shape index (κ1) is 7.69. The van der Waals surface area contributed by atoms with Crippen LogP contribution in [0.25, 0.3) is 0 Å². The van der Waals surface area contributed by atoms with Crippen LogP contribution in [0.15, 0.2) is 11.6 Å². The van der Waals surface area contributed by atoms with Gasteiger partial charge in [0.25, 0.3) is 0 Å². The van der Waals surface area contributed by atoms with E-state index in [9.17, 15) is 4.39 Å². The van der Waals surface area contributed by atoms with Gasteiger partial charge in [-0.05, 0) is 25.5 Å². The lowest BCUT2D eigenvalue weighted by molar-refractivity contribution is 0.240. The van der Waals surface area contributed by atoms with Gasteiger partial charge in [0.15, 0.2) is 5.79 Å². The number of alkyl halides is 1. The summed E-state index contributed by atoms with van der Waals surface area (Å²) in [5.41, 5.74) is 5.96. The predicted molar refractivity (Wildman–Crippen MR) is 39.3 cm³/mol. The second-order valence-electron chi connectivity index (χ2n) is 2.76. The molecule has 1 rings (SSSR count). The Labute approximate surface area is 60.3 Å². The van der Waals surface area contributed by atoms with Gasteiger partial charge in [-0.1, -0.05) is 6.08 Å². The molecule has 1 heterocycles. The van der Waals surface area contributed by atoms with Crippen molar-refractivity contribution in [1.29, 1.82) is 0 Å². The average Bonchev–Trinajstić information content (AvgIpc) is 1.88. The van der Waals surface area contributed by atoms with Crippen LogP contribution >= 0.6 is 0 Å². The summed E-state index contributed by atoms with van der Waals surface area (Å²) in [7, 11) is 0. The van der Waals surface area contributed by atoms with Crippen LogP contribution in [0.1, 0.15) is 13.3 Å². The number of hydrogen-bond acceptors (Lipinski definition) is 2. The summed E-state index contributed by atoms with van der Waals surface area (Å²) >= 11 is 0. The number of nitrogens with one attached hydrogen (secondary N) is 1. The first-order valence-electron chi connectivity index (χ1n) is 3.49. The van der Waals surface area contributed by atoms with Crippen molar-refractivity contribution < 1.29 is 4.39 Å². The highest BCUT2D eigenvalue weighted by molar-refractivity contribution is 5.16. The van der Waals surface area contributed by atoms with Crippen LogP contribution < -0.4 is 11.1 Å². The summed E-state index contributed by atoms with van der Waals surface area (Å²) in [5, 5.41) is 3.09. The summed E-state index contributed by atoms with van der Waals surface area (Å²) in [4.78, 5) is 0. The largest absolute Gasteiger partial charge is 0.313 e. The van der Waals surface area contributed by atoms with E-state index in [1.807, 2.05) is 6.08 Å². The fourth-order valence-corrected chi connectivity index (χ4v) is 1.07. The van der Waals surface area contributed by atoms with Gasteiger partial charge in [0.1, 0.15) is 0 Å². The van der Waals surface area contributed by atoms with Crippen LogP contribution in [0.4, 0.5) is 4.39 Å². The molecule has 1 atom stereocenters. The summed E-state index contributed by atoms with van der Waals surface area (Å²) in [5.74, 6) is -1.61. The van der Waals surface area contributed by atoms with E-state index in [2.05, 4.69) is 5.32 Å². The third-order valence-electron chi connectivity index (χ3n) is 1.69. The van der Waals surface area contributed by atoms with Gasteiger partial charge in [-0.25, -0.2) is 4.39 Å². The Morgan fingerprint density at radius 2 is 2.50 bits per heavy atom. The Balaban J connectivity index is 2.62. The molecule has 0 aromatic heterocycles. The summed E-state index contributed by atoms with van der Waals surface area (Å²) in [6, 6.07) is 0. The van der Waals surface area contributed by atoms with Crippen LogP contribution in [0.5, 0.6) is 0 Å². The first-order chi connectivity index (χ1) is 4.61. The molecule has 10 heavy (non-hydrogen) atoms. The zero-order valence-corrected chi connectivity index (χ0v) is 6.15. The lowest BCUT2D eigenvalue weighted by Crippen LogP contribution is -2.37. The second kappa shape index (κ2) is 2.68. The van der Waals surface area contributed by atoms with Gasteiger partial charge in [0, 0.05) is 6.54 Å². The highest BCUT2D eigenvalue weighted by Gasteiger charge is 2.22. The molecule has 1 unspecified atom stereocenters. The van der Waals surface area contributed by atoms with Crippen molar-refractivity contribution in [2.75, 3.05) is 13.1 Å². The van der Waals surface area contributed by atoms with E-state index in [0.29, 0.717) is 5.57 Å². The molecule has 0 saturated heterocycles. The first-order valence-corrected chi connectivity index (χ1v) is 3.49. The van der Waals surface area contributed by atoms with Gasteiger partial charge < -0.3 is 5.32 Å². The van der Waals surface area contributed by atoms with Crippen LogP contribution in [0.2, 0.25) is 0 Å². The molecule has 3 heteroatoms. The fourth-order valence-electron chi connectivity index (χ4n) is 1.07. The Hall–Kier alpha value is -0.410. The molecule has 2 nitrogen and oxygen atoms in total. The Morgan fingerprint density at radius 1 is 1.80 bits per heavy atom. The molecule has 0 aromatic rings. The second-order valence-corrected chi connectivity index (χ2v) is 2.76. The predicted octanol–water partition coefficient (Wildman–Crippen LogP) is 0.550. The van der Waals surface area contributed by atoms with E-state index in [0.717, 1.165) is 19.5 Å². The minimum absolute atomic E-state index is 0.714. The van der Waals surface area contributed by atoms with Gasteiger partial charge in [-0.15, -0.1) is 0 Å². The van der Waals surface area contributed by atoms with Crippen molar-refractivity contribution >= 4 is 0 Å². The summed E-state index contributed by atoms with van der Waals surface area (Å²) < 4.78 is 13.0. The molecular weight excluding hydrogens is 131 g/mol. The van der Waals surface area contributed by atoms with E-state index in [-0.39, 0.29) is 0 Å². The Morgan fingerprint density at radius 3 is 2.80 bits per heavy atom. The molecule has 0 amide bonds. The van der Waals surface area contributed by atoms with Crippen molar-refractivity contribution in [2.24, 2.45) is 5.73 Å². The maximum Gasteiger partial charge on any atom is 0.178 e. The van der Waals surface area contributed by atoms with E-state index in [1.165, 1.54) is 6.92 Å². The van der Waals surface area contributed by atoms with Gasteiger partial charge in [-0.2, -0.15) is 0 Å². The molecule has 0 saturated carbocycles. The smallest absolute Gasteiger partial charge is 0.178 e. The summed E-state index contributed by atoms with van der Waals surface area (Å²) in [6.07, 6.45) is 2.55. The molecule has 0 aromatic carbocycles. The molecule has 1 aliphatic rings. The highest BCUT2D eigenvalue weighted by atomic mass is 19.1. The zero-order valence-electron chi connectivity index (χ0n) is 6.15.